The van der Waals surface area contributed by atoms with Crippen molar-refractivity contribution in [3.8, 4) is 0 Å². The molecular formula is C11H12Cl2N4. The average Bonchev–Trinajstić information content (AvgIpc) is 2.27. The van der Waals surface area contributed by atoms with Gasteiger partial charge in [0, 0.05) is 16.3 Å². The van der Waals surface area contributed by atoms with Crippen LogP contribution >= 0.6 is 23.2 Å². The summed E-state index contributed by atoms with van der Waals surface area (Å²) in [7, 11) is 0. The van der Waals surface area contributed by atoms with Crippen LogP contribution in [0.2, 0.25) is 10.0 Å². The van der Waals surface area contributed by atoms with Crippen molar-refractivity contribution >= 4 is 39.9 Å². The highest BCUT2D eigenvalue weighted by Crippen LogP contribution is 2.31. The Morgan fingerprint density at radius 1 is 1.24 bits per heavy atom. The molecule has 0 fully saturated rings. The van der Waals surface area contributed by atoms with E-state index in [0.717, 1.165) is 5.39 Å². The van der Waals surface area contributed by atoms with Crippen LogP contribution in [0.4, 0.5) is 5.82 Å². The minimum absolute atomic E-state index is 0.193. The monoisotopic (exact) mass is 270 g/mol. The summed E-state index contributed by atoms with van der Waals surface area (Å²) in [5.41, 5.74) is 3.21. The molecule has 17 heavy (non-hydrogen) atoms. The number of fused-ring (bicyclic) bond motifs is 1. The molecule has 0 bridgehead atoms. The third-order valence-corrected chi connectivity index (χ3v) is 2.90. The lowest BCUT2D eigenvalue weighted by atomic mass is 10.1. The van der Waals surface area contributed by atoms with Crippen molar-refractivity contribution in [1.29, 1.82) is 0 Å². The number of anilines is 1. The van der Waals surface area contributed by atoms with Crippen LogP contribution in [0.15, 0.2) is 12.1 Å². The highest BCUT2D eigenvalue weighted by Gasteiger charge is 2.12. The van der Waals surface area contributed by atoms with Crippen molar-refractivity contribution in [3.63, 3.8) is 0 Å². The van der Waals surface area contributed by atoms with Crippen molar-refractivity contribution in [2.24, 2.45) is 5.84 Å². The number of rotatable bonds is 2. The summed E-state index contributed by atoms with van der Waals surface area (Å²) < 4.78 is 0. The fourth-order valence-electron chi connectivity index (χ4n) is 1.54. The van der Waals surface area contributed by atoms with E-state index in [1.54, 1.807) is 12.1 Å². The molecule has 0 aliphatic heterocycles. The first kappa shape index (κ1) is 12.4. The topological polar surface area (TPSA) is 63.8 Å². The van der Waals surface area contributed by atoms with E-state index in [2.05, 4.69) is 15.4 Å². The highest BCUT2D eigenvalue weighted by atomic mass is 35.5. The predicted molar refractivity (Wildman–Crippen MR) is 71.5 cm³/mol. The maximum atomic E-state index is 6.12. The summed E-state index contributed by atoms with van der Waals surface area (Å²) in [5, 5.41) is 1.74. The van der Waals surface area contributed by atoms with Gasteiger partial charge in [-0.2, -0.15) is 0 Å². The van der Waals surface area contributed by atoms with E-state index in [9.17, 15) is 0 Å². The SMILES string of the molecule is CC(C)c1nc(NN)c2cc(Cl)cc(Cl)c2n1. The highest BCUT2D eigenvalue weighted by molar-refractivity contribution is 6.38. The Morgan fingerprint density at radius 3 is 2.53 bits per heavy atom. The second-order valence-corrected chi connectivity index (χ2v) is 4.86. The van der Waals surface area contributed by atoms with Gasteiger partial charge in [0.05, 0.1) is 10.5 Å². The molecule has 6 heteroatoms. The molecule has 1 aromatic carbocycles. The third-order valence-electron chi connectivity index (χ3n) is 2.39. The summed E-state index contributed by atoms with van der Waals surface area (Å²) in [6.07, 6.45) is 0. The van der Waals surface area contributed by atoms with E-state index in [4.69, 9.17) is 29.0 Å². The Labute approximate surface area is 109 Å². The molecule has 0 unspecified atom stereocenters. The Bertz CT molecular complexity index is 569. The van der Waals surface area contributed by atoms with Crippen molar-refractivity contribution in [3.05, 3.63) is 28.0 Å². The normalized spacial score (nSPS) is 11.2. The zero-order valence-corrected chi connectivity index (χ0v) is 11.0. The van der Waals surface area contributed by atoms with Crippen molar-refractivity contribution < 1.29 is 0 Å². The number of nitrogens with two attached hydrogens (primary N) is 1. The van der Waals surface area contributed by atoms with Crippen molar-refractivity contribution in [2.45, 2.75) is 19.8 Å². The molecule has 0 aliphatic carbocycles. The summed E-state index contributed by atoms with van der Waals surface area (Å²) in [4.78, 5) is 8.76. The molecule has 0 spiro atoms. The van der Waals surface area contributed by atoms with Crippen LogP contribution in [-0.4, -0.2) is 9.97 Å². The van der Waals surface area contributed by atoms with Gasteiger partial charge in [-0.3, -0.25) is 0 Å². The third kappa shape index (κ3) is 2.29. The minimum atomic E-state index is 0.193. The fourth-order valence-corrected chi connectivity index (χ4v) is 2.08. The van der Waals surface area contributed by atoms with Crippen LogP contribution in [0.1, 0.15) is 25.6 Å². The van der Waals surface area contributed by atoms with Gasteiger partial charge in [-0.25, -0.2) is 15.8 Å². The number of nitrogens with zero attached hydrogens (tertiary/aromatic N) is 2. The van der Waals surface area contributed by atoms with Crippen LogP contribution in [0.5, 0.6) is 0 Å². The second-order valence-electron chi connectivity index (χ2n) is 4.01. The van der Waals surface area contributed by atoms with Gasteiger partial charge >= 0.3 is 0 Å². The maximum Gasteiger partial charge on any atom is 0.151 e. The van der Waals surface area contributed by atoms with Crippen LogP contribution in [0, 0.1) is 0 Å². The van der Waals surface area contributed by atoms with Crippen LogP contribution < -0.4 is 11.3 Å². The molecular weight excluding hydrogens is 259 g/mol. The Morgan fingerprint density at radius 2 is 1.94 bits per heavy atom. The van der Waals surface area contributed by atoms with Crippen molar-refractivity contribution in [2.75, 3.05) is 5.43 Å². The molecule has 2 aromatic rings. The van der Waals surface area contributed by atoms with E-state index in [1.165, 1.54) is 0 Å². The first-order valence-electron chi connectivity index (χ1n) is 5.16. The van der Waals surface area contributed by atoms with E-state index >= 15 is 0 Å². The standard InChI is InChI=1S/C11H12Cl2N4/c1-5(2)10-15-9-7(11(16-10)17-14)3-6(12)4-8(9)13/h3-5H,14H2,1-2H3,(H,15,16,17). The Hall–Kier alpha value is -1.10. The number of hydrogen-bond donors (Lipinski definition) is 2. The Balaban J connectivity index is 2.82. The average molecular weight is 271 g/mol. The van der Waals surface area contributed by atoms with Crippen LogP contribution in [0.25, 0.3) is 10.9 Å². The molecule has 90 valence electrons. The number of benzene rings is 1. The number of aromatic nitrogens is 2. The number of halogens is 2. The summed E-state index contributed by atoms with van der Waals surface area (Å²) in [6.45, 7) is 4.01. The van der Waals surface area contributed by atoms with Crippen molar-refractivity contribution in [1.82, 2.24) is 9.97 Å². The summed E-state index contributed by atoms with van der Waals surface area (Å²) >= 11 is 12.1. The number of nitrogens with one attached hydrogen (secondary N) is 1. The molecule has 1 aromatic heterocycles. The van der Waals surface area contributed by atoms with Gasteiger partial charge in [-0.15, -0.1) is 0 Å². The van der Waals surface area contributed by atoms with Gasteiger partial charge in [0.2, 0.25) is 0 Å². The largest absolute Gasteiger partial charge is 0.308 e. The number of hydrogen-bond acceptors (Lipinski definition) is 4. The lowest BCUT2D eigenvalue weighted by Gasteiger charge is -2.11. The number of nitrogen functional groups attached to an aromatic ring is 1. The van der Waals surface area contributed by atoms with E-state index in [1.807, 2.05) is 13.8 Å². The smallest absolute Gasteiger partial charge is 0.151 e. The summed E-state index contributed by atoms with van der Waals surface area (Å²) in [6, 6.07) is 3.39. The molecule has 0 aliphatic rings. The first-order chi connectivity index (χ1) is 8.02. The van der Waals surface area contributed by atoms with Gasteiger partial charge in [0.1, 0.15) is 5.82 Å². The van der Waals surface area contributed by atoms with Gasteiger partial charge < -0.3 is 5.43 Å². The molecule has 4 nitrogen and oxygen atoms in total. The van der Waals surface area contributed by atoms with E-state index in [0.29, 0.717) is 27.2 Å². The Kier molecular flexibility index (Phi) is 3.38. The molecule has 0 saturated carbocycles. The van der Waals surface area contributed by atoms with Gasteiger partial charge in [0.15, 0.2) is 5.82 Å². The van der Waals surface area contributed by atoms with Gasteiger partial charge in [0.25, 0.3) is 0 Å². The second kappa shape index (κ2) is 4.64. The molecule has 1 heterocycles. The lowest BCUT2D eigenvalue weighted by Crippen LogP contribution is -2.11. The lowest BCUT2D eigenvalue weighted by molar-refractivity contribution is 0.784. The zero-order valence-electron chi connectivity index (χ0n) is 9.46. The fraction of sp³-hybridized carbons (Fsp3) is 0.273. The zero-order chi connectivity index (χ0) is 12.6. The quantitative estimate of drug-likeness (QED) is 0.649. The molecule has 3 N–H and O–H groups in total. The minimum Gasteiger partial charge on any atom is -0.308 e. The molecule has 2 rings (SSSR count). The first-order valence-corrected chi connectivity index (χ1v) is 5.92. The molecule has 0 radical (unpaired) electrons. The maximum absolute atomic E-state index is 6.12. The molecule has 0 saturated heterocycles. The molecule has 0 atom stereocenters. The number of hydrazine groups is 1. The van der Waals surface area contributed by atoms with E-state index < -0.39 is 0 Å². The van der Waals surface area contributed by atoms with Crippen LogP contribution in [-0.2, 0) is 0 Å². The van der Waals surface area contributed by atoms with E-state index in [-0.39, 0.29) is 5.92 Å². The molecule has 0 amide bonds. The van der Waals surface area contributed by atoms with Gasteiger partial charge in [-0.05, 0) is 12.1 Å². The van der Waals surface area contributed by atoms with Crippen LogP contribution in [0.3, 0.4) is 0 Å². The van der Waals surface area contributed by atoms with Gasteiger partial charge in [-0.1, -0.05) is 37.0 Å². The predicted octanol–water partition coefficient (Wildman–Crippen LogP) is 3.35. The summed E-state index contributed by atoms with van der Waals surface area (Å²) in [5.74, 6) is 6.87.